The maximum atomic E-state index is 13.5. The first-order valence-electron chi connectivity index (χ1n) is 5.90. The zero-order chi connectivity index (χ0) is 17.4. The normalized spacial score (nSPS) is 12.3. The van der Waals surface area contributed by atoms with Crippen LogP contribution in [0, 0.1) is 11.6 Å². The predicted molar refractivity (Wildman–Crippen MR) is 63.5 cm³/mol. The standard InChI is InChI=1S/C14H6F8O/c15-10-5-8(6-11(16)12(10)13(17,18)19)7-2-1-3-9(4-7)23-14(20,21)22/h1-6H. The quantitative estimate of drug-likeness (QED) is 0.650. The van der Waals surface area contributed by atoms with Crippen LogP contribution in [-0.4, -0.2) is 6.36 Å². The van der Waals surface area contributed by atoms with Crippen LogP contribution < -0.4 is 4.74 Å². The van der Waals surface area contributed by atoms with Crippen LogP contribution in [0.3, 0.4) is 0 Å². The van der Waals surface area contributed by atoms with Gasteiger partial charge < -0.3 is 4.74 Å². The van der Waals surface area contributed by atoms with E-state index in [0.29, 0.717) is 12.1 Å². The predicted octanol–water partition coefficient (Wildman–Crippen LogP) is 5.55. The minimum atomic E-state index is -5.23. The fraction of sp³-hybridized carbons (Fsp3) is 0.143. The molecule has 0 unspecified atom stereocenters. The van der Waals surface area contributed by atoms with E-state index in [1.54, 1.807) is 0 Å². The lowest BCUT2D eigenvalue weighted by Gasteiger charge is -2.12. The number of hydrogen-bond donors (Lipinski definition) is 0. The number of alkyl halides is 6. The summed E-state index contributed by atoms with van der Waals surface area (Å²) in [5, 5.41) is 0. The van der Waals surface area contributed by atoms with E-state index in [0.717, 1.165) is 18.2 Å². The van der Waals surface area contributed by atoms with Gasteiger partial charge in [0.25, 0.3) is 0 Å². The van der Waals surface area contributed by atoms with Gasteiger partial charge in [0, 0.05) is 0 Å². The largest absolute Gasteiger partial charge is 0.573 e. The van der Waals surface area contributed by atoms with E-state index >= 15 is 0 Å². The highest BCUT2D eigenvalue weighted by Crippen LogP contribution is 2.36. The molecule has 0 aliphatic carbocycles. The lowest BCUT2D eigenvalue weighted by atomic mass is 10.0. The van der Waals surface area contributed by atoms with Gasteiger partial charge in [-0.1, -0.05) is 12.1 Å². The summed E-state index contributed by atoms with van der Waals surface area (Å²) in [6.45, 7) is 0. The van der Waals surface area contributed by atoms with E-state index in [-0.39, 0.29) is 11.1 Å². The molecule has 0 spiro atoms. The summed E-state index contributed by atoms with van der Waals surface area (Å²) in [7, 11) is 0. The van der Waals surface area contributed by atoms with Crippen LogP contribution in [0.25, 0.3) is 11.1 Å². The van der Waals surface area contributed by atoms with Gasteiger partial charge in [0.2, 0.25) is 0 Å². The average Bonchev–Trinajstić information content (AvgIpc) is 2.34. The molecule has 124 valence electrons. The molecule has 0 aliphatic heterocycles. The van der Waals surface area contributed by atoms with Crippen molar-refractivity contribution < 1.29 is 39.9 Å². The Morgan fingerprint density at radius 1 is 0.739 bits per heavy atom. The van der Waals surface area contributed by atoms with E-state index < -0.39 is 35.5 Å². The molecule has 0 amide bonds. The van der Waals surface area contributed by atoms with Crippen molar-refractivity contribution >= 4 is 0 Å². The summed E-state index contributed by atoms with van der Waals surface area (Å²) in [4.78, 5) is 0. The van der Waals surface area contributed by atoms with Gasteiger partial charge in [-0.2, -0.15) is 13.2 Å². The van der Waals surface area contributed by atoms with Gasteiger partial charge in [0.05, 0.1) is 0 Å². The molecule has 23 heavy (non-hydrogen) atoms. The third-order valence-electron chi connectivity index (χ3n) is 2.73. The van der Waals surface area contributed by atoms with Crippen molar-refractivity contribution in [2.45, 2.75) is 12.5 Å². The van der Waals surface area contributed by atoms with Gasteiger partial charge in [-0.05, 0) is 35.4 Å². The lowest BCUT2D eigenvalue weighted by Crippen LogP contribution is -2.17. The van der Waals surface area contributed by atoms with Crippen LogP contribution in [0.4, 0.5) is 35.1 Å². The van der Waals surface area contributed by atoms with Crippen LogP contribution in [-0.2, 0) is 6.18 Å². The summed E-state index contributed by atoms with van der Waals surface area (Å²) >= 11 is 0. The second-order valence-electron chi connectivity index (χ2n) is 4.39. The zero-order valence-corrected chi connectivity index (χ0v) is 10.9. The van der Waals surface area contributed by atoms with Gasteiger partial charge in [-0.15, -0.1) is 13.2 Å². The van der Waals surface area contributed by atoms with E-state index in [1.165, 1.54) is 6.07 Å². The summed E-state index contributed by atoms with van der Waals surface area (Å²) in [5.74, 6) is -4.40. The van der Waals surface area contributed by atoms with Crippen molar-refractivity contribution in [2.24, 2.45) is 0 Å². The Hall–Kier alpha value is -2.32. The summed E-state index contributed by atoms with van der Waals surface area (Å²) in [6.07, 6.45) is -10.2. The fourth-order valence-corrected chi connectivity index (χ4v) is 1.88. The Bertz CT molecular complexity index is 694. The number of halogens is 8. The van der Waals surface area contributed by atoms with Crippen LogP contribution in [0.5, 0.6) is 5.75 Å². The van der Waals surface area contributed by atoms with Crippen LogP contribution >= 0.6 is 0 Å². The topological polar surface area (TPSA) is 9.23 Å². The maximum Gasteiger partial charge on any atom is 0.573 e. The summed E-state index contributed by atoms with van der Waals surface area (Å²) in [5.41, 5.74) is -2.57. The molecule has 0 heterocycles. The fourth-order valence-electron chi connectivity index (χ4n) is 1.88. The Balaban J connectivity index is 2.46. The molecular formula is C14H6F8O. The molecule has 0 saturated heterocycles. The number of ether oxygens (including phenoxy) is 1. The number of benzene rings is 2. The summed E-state index contributed by atoms with van der Waals surface area (Å²) < 4.78 is 104. The molecule has 2 aromatic carbocycles. The SMILES string of the molecule is Fc1cc(-c2cccc(OC(F)(F)F)c2)cc(F)c1C(F)(F)F. The van der Waals surface area contributed by atoms with Gasteiger partial charge in [-0.25, -0.2) is 8.78 Å². The molecule has 0 bridgehead atoms. The first-order chi connectivity index (χ1) is 10.5. The Morgan fingerprint density at radius 3 is 1.78 bits per heavy atom. The van der Waals surface area contributed by atoms with Crippen molar-refractivity contribution in [1.82, 2.24) is 0 Å². The van der Waals surface area contributed by atoms with E-state index in [2.05, 4.69) is 4.74 Å². The molecule has 0 atom stereocenters. The van der Waals surface area contributed by atoms with E-state index in [4.69, 9.17) is 0 Å². The van der Waals surface area contributed by atoms with Crippen molar-refractivity contribution in [3.05, 3.63) is 53.6 Å². The van der Waals surface area contributed by atoms with Crippen LogP contribution in [0.2, 0.25) is 0 Å². The second-order valence-corrected chi connectivity index (χ2v) is 4.39. The first kappa shape index (κ1) is 17.0. The molecule has 0 N–H and O–H groups in total. The lowest BCUT2D eigenvalue weighted by molar-refractivity contribution is -0.274. The minimum absolute atomic E-state index is 0.140. The molecular weight excluding hydrogens is 336 g/mol. The Morgan fingerprint density at radius 2 is 1.30 bits per heavy atom. The smallest absolute Gasteiger partial charge is 0.406 e. The third-order valence-corrected chi connectivity index (χ3v) is 2.73. The Kier molecular flexibility index (Phi) is 4.23. The molecule has 0 fully saturated rings. The van der Waals surface area contributed by atoms with Crippen molar-refractivity contribution in [2.75, 3.05) is 0 Å². The Labute approximate surface area is 124 Å². The van der Waals surface area contributed by atoms with Gasteiger partial charge in [0.1, 0.15) is 22.9 Å². The second kappa shape index (κ2) is 5.71. The van der Waals surface area contributed by atoms with Crippen LogP contribution in [0.1, 0.15) is 5.56 Å². The van der Waals surface area contributed by atoms with Crippen molar-refractivity contribution in [3.63, 3.8) is 0 Å². The molecule has 1 nitrogen and oxygen atoms in total. The molecule has 2 aromatic rings. The minimum Gasteiger partial charge on any atom is -0.406 e. The average molecular weight is 342 g/mol. The molecule has 0 aromatic heterocycles. The highest BCUT2D eigenvalue weighted by molar-refractivity contribution is 5.65. The van der Waals surface area contributed by atoms with E-state index in [1.807, 2.05) is 0 Å². The van der Waals surface area contributed by atoms with Crippen molar-refractivity contribution in [3.8, 4) is 16.9 Å². The van der Waals surface area contributed by atoms with Gasteiger partial charge >= 0.3 is 12.5 Å². The third kappa shape index (κ3) is 4.11. The van der Waals surface area contributed by atoms with Crippen molar-refractivity contribution in [1.29, 1.82) is 0 Å². The highest BCUT2D eigenvalue weighted by atomic mass is 19.4. The first-order valence-corrected chi connectivity index (χ1v) is 5.90. The molecule has 0 saturated carbocycles. The van der Waals surface area contributed by atoms with Crippen LogP contribution in [0.15, 0.2) is 36.4 Å². The maximum absolute atomic E-state index is 13.5. The number of hydrogen-bond acceptors (Lipinski definition) is 1. The van der Waals surface area contributed by atoms with E-state index in [9.17, 15) is 35.1 Å². The van der Waals surface area contributed by atoms with Gasteiger partial charge in [-0.3, -0.25) is 0 Å². The van der Waals surface area contributed by atoms with Gasteiger partial charge in [0.15, 0.2) is 0 Å². The molecule has 0 aliphatic rings. The highest BCUT2D eigenvalue weighted by Gasteiger charge is 2.38. The zero-order valence-electron chi connectivity index (χ0n) is 10.9. The molecule has 0 radical (unpaired) electrons. The molecule has 2 rings (SSSR count). The summed E-state index contributed by atoms with van der Waals surface area (Å²) in [6, 6.07) is 4.79. The molecule has 9 heteroatoms. The monoisotopic (exact) mass is 342 g/mol. The number of rotatable bonds is 2.